The first-order valence-electron chi connectivity index (χ1n) is 13.4. The van der Waals surface area contributed by atoms with Crippen molar-refractivity contribution < 1.29 is 19.4 Å². The first kappa shape index (κ1) is 19.8. The summed E-state index contributed by atoms with van der Waals surface area (Å²) in [6.07, 6.45) is 10.5. The van der Waals surface area contributed by atoms with Crippen molar-refractivity contribution >= 4 is 0 Å². The maximum Gasteiger partial charge on any atom is 0.0811 e. The van der Waals surface area contributed by atoms with Crippen LogP contribution in [0.25, 0.3) is 0 Å². The van der Waals surface area contributed by atoms with Crippen molar-refractivity contribution in [2.24, 2.45) is 23.2 Å². The van der Waals surface area contributed by atoms with Crippen LogP contribution in [0.2, 0.25) is 0 Å². The van der Waals surface area contributed by atoms with Gasteiger partial charge in [0.1, 0.15) is 0 Å². The van der Waals surface area contributed by atoms with Crippen LogP contribution in [-0.2, 0) is 0 Å². The Morgan fingerprint density at radius 2 is 2.07 bits per heavy atom. The fraction of sp³-hybridized carbons (Fsp3) is 0.778. The van der Waals surface area contributed by atoms with E-state index in [1.807, 2.05) is 19.9 Å². The summed E-state index contributed by atoms with van der Waals surface area (Å²) in [5.74, 6) is 0.504. The van der Waals surface area contributed by atoms with E-state index in [2.05, 4.69) is 19.6 Å². The molecule has 0 aromatic heterocycles. The standard InChI is InChI=1S/C27H44O3/c1-18(8-6-14-26(3,4)30)23-12-13-24-20(9-7-15-27(23,24)5)10-11-21-16-22(28)17-25(29)19(21)2/h10-11,18,22-25,28-30H,2,6-9,12-17H2,1,3-5H3/b20-10+,21-11-/t18-,22-,23-,24+,25+,27-/m1/s1/i5D3. The Labute approximate surface area is 188 Å². The molecule has 3 fully saturated rings. The second-order valence-electron chi connectivity index (χ2n) is 10.9. The highest BCUT2D eigenvalue weighted by atomic mass is 16.3. The minimum absolute atomic E-state index is 0.0454. The van der Waals surface area contributed by atoms with Gasteiger partial charge in [0.15, 0.2) is 0 Å². The van der Waals surface area contributed by atoms with Crippen LogP contribution in [0.5, 0.6) is 0 Å². The van der Waals surface area contributed by atoms with Crippen LogP contribution in [0, 0.1) is 23.2 Å². The van der Waals surface area contributed by atoms with E-state index in [9.17, 15) is 15.3 Å². The van der Waals surface area contributed by atoms with Gasteiger partial charge in [0.25, 0.3) is 0 Å². The molecule has 3 nitrogen and oxygen atoms in total. The second kappa shape index (κ2) is 9.30. The zero-order chi connectivity index (χ0) is 24.6. The highest BCUT2D eigenvalue weighted by Crippen LogP contribution is 2.60. The third-order valence-corrected chi connectivity index (χ3v) is 7.95. The quantitative estimate of drug-likeness (QED) is 0.517. The van der Waals surface area contributed by atoms with E-state index in [1.165, 1.54) is 5.57 Å². The third-order valence-electron chi connectivity index (χ3n) is 7.95. The fourth-order valence-electron chi connectivity index (χ4n) is 6.27. The van der Waals surface area contributed by atoms with Crippen molar-refractivity contribution in [1.29, 1.82) is 0 Å². The summed E-state index contributed by atoms with van der Waals surface area (Å²) in [5.41, 5.74) is 1.37. The van der Waals surface area contributed by atoms with E-state index in [4.69, 9.17) is 4.11 Å². The highest BCUT2D eigenvalue weighted by molar-refractivity contribution is 5.38. The van der Waals surface area contributed by atoms with E-state index in [-0.39, 0.29) is 11.8 Å². The van der Waals surface area contributed by atoms with E-state index < -0.39 is 30.1 Å². The molecule has 6 atom stereocenters. The molecule has 0 spiro atoms. The number of hydrogen-bond donors (Lipinski definition) is 3. The number of aliphatic hydroxyl groups excluding tert-OH is 2. The average molecular weight is 420 g/mol. The zero-order valence-electron chi connectivity index (χ0n) is 22.2. The molecular weight excluding hydrogens is 372 g/mol. The molecule has 0 aromatic rings. The lowest BCUT2D eigenvalue weighted by Gasteiger charge is -2.44. The predicted molar refractivity (Wildman–Crippen MR) is 124 cm³/mol. The molecule has 3 rings (SSSR count). The normalized spacial score (nSPS) is 40.7. The summed E-state index contributed by atoms with van der Waals surface area (Å²) in [4.78, 5) is 0. The van der Waals surface area contributed by atoms with E-state index >= 15 is 0 Å². The molecule has 170 valence electrons. The van der Waals surface area contributed by atoms with E-state index in [0.29, 0.717) is 24.3 Å². The van der Waals surface area contributed by atoms with Crippen LogP contribution in [0.15, 0.2) is 35.5 Å². The Balaban J connectivity index is 1.85. The van der Waals surface area contributed by atoms with Gasteiger partial charge in [-0.25, -0.2) is 0 Å². The lowest BCUT2D eigenvalue weighted by molar-refractivity contribution is 0.0596. The minimum atomic E-state index is -2.02. The molecule has 3 aliphatic rings. The SMILES string of the molecule is [2H]C([2H])([2H])[C@]12CCC/C(=C\C=C3\C[C@@H](O)C[C@H](O)C3=C)[C@@H]1CC[C@@H]2[C@H](C)CCCC(C)(C)O. The number of aliphatic hydroxyl groups is 3. The van der Waals surface area contributed by atoms with Crippen molar-refractivity contribution in [3.05, 3.63) is 35.5 Å². The minimum Gasteiger partial charge on any atom is -0.393 e. The maximum atomic E-state index is 10.2. The van der Waals surface area contributed by atoms with Crippen molar-refractivity contribution in [3.63, 3.8) is 0 Å². The molecule has 0 heterocycles. The molecule has 0 aliphatic heterocycles. The number of hydrogen-bond acceptors (Lipinski definition) is 3. The van der Waals surface area contributed by atoms with Crippen LogP contribution in [-0.4, -0.2) is 33.1 Å². The van der Waals surface area contributed by atoms with Gasteiger partial charge in [0.05, 0.1) is 17.8 Å². The number of fused-ring (bicyclic) bond motifs is 1. The molecule has 0 unspecified atom stereocenters. The van der Waals surface area contributed by atoms with Crippen molar-refractivity contribution in [2.75, 3.05) is 0 Å². The van der Waals surface area contributed by atoms with Crippen LogP contribution < -0.4 is 0 Å². The van der Waals surface area contributed by atoms with E-state index in [1.54, 1.807) is 0 Å². The monoisotopic (exact) mass is 419 g/mol. The largest absolute Gasteiger partial charge is 0.393 e. The third kappa shape index (κ3) is 5.29. The summed E-state index contributed by atoms with van der Waals surface area (Å²) in [7, 11) is 0. The molecule has 0 radical (unpaired) electrons. The van der Waals surface area contributed by atoms with Crippen molar-refractivity contribution in [1.82, 2.24) is 0 Å². The Kier molecular flexibility index (Phi) is 6.13. The van der Waals surface area contributed by atoms with Crippen LogP contribution in [0.1, 0.15) is 95.9 Å². The molecule has 30 heavy (non-hydrogen) atoms. The Bertz CT molecular complexity index is 776. The fourth-order valence-corrected chi connectivity index (χ4v) is 6.27. The summed E-state index contributed by atoms with van der Waals surface area (Å²) in [6.45, 7) is 7.86. The van der Waals surface area contributed by atoms with Gasteiger partial charge >= 0.3 is 0 Å². The van der Waals surface area contributed by atoms with Crippen LogP contribution >= 0.6 is 0 Å². The highest BCUT2D eigenvalue weighted by Gasteiger charge is 2.50. The van der Waals surface area contributed by atoms with Gasteiger partial charge in [0, 0.05) is 10.5 Å². The van der Waals surface area contributed by atoms with Crippen molar-refractivity contribution in [2.45, 2.75) is 110 Å². The molecule has 0 aromatic carbocycles. The summed E-state index contributed by atoms with van der Waals surface area (Å²) in [6, 6.07) is 0. The molecule has 3 N–H and O–H groups in total. The zero-order valence-corrected chi connectivity index (χ0v) is 19.2. The Morgan fingerprint density at radius 3 is 2.77 bits per heavy atom. The molecular formula is C27H44O3. The summed E-state index contributed by atoms with van der Waals surface area (Å²) < 4.78 is 25.9. The molecule has 3 saturated carbocycles. The first-order chi connectivity index (χ1) is 15.3. The smallest absolute Gasteiger partial charge is 0.0811 e. The topological polar surface area (TPSA) is 60.7 Å². The van der Waals surface area contributed by atoms with E-state index in [0.717, 1.165) is 56.9 Å². The molecule has 3 aliphatic carbocycles. The summed E-state index contributed by atoms with van der Waals surface area (Å²) in [5, 5.41) is 30.3. The van der Waals surface area contributed by atoms with Crippen LogP contribution in [0.4, 0.5) is 0 Å². The molecule has 0 bridgehead atoms. The average Bonchev–Trinajstić information content (AvgIpc) is 3.10. The van der Waals surface area contributed by atoms with Crippen molar-refractivity contribution in [3.8, 4) is 0 Å². The van der Waals surface area contributed by atoms with Gasteiger partial charge in [-0.15, -0.1) is 0 Å². The lowest BCUT2D eigenvalue weighted by Crippen LogP contribution is -2.36. The van der Waals surface area contributed by atoms with Gasteiger partial charge in [-0.2, -0.15) is 0 Å². The molecule has 0 amide bonds. The summed E-state index contributed by atoms with van der Waals surface area (Å²) >= 11 is 0. The van der Waals surface area contributed by atoms with Gasteiger partial charge in [-0.05, 0) is 93.1 Å². The molecule has 0 saturated heterocycles. The number of allylic oxidation sites excluding steroid dienone is 3. The molecule has 3 heteroatoms. The van der Waals surface area contributed by atoms with Gasteiger partial charge in [0.2, 0.25) is 0 Å². The first-order valence-corrected chi connectivity index (χ1v) is 11.9. The lowest BCUT2D eigenvalue weighted by atomic mass is 9.60. The predicted octanol–water partition coefficient (Wildman–Crippen LogP) is 5.70. The second-order valence-corrected chi connectivity index (χ2v) is 10.9. The van der Waals surface area contributed by atoms with Gasteiger partial charge < -0.3 is 15.3 Å². The van der Waals surface area contributed by atoms with Gasteiger partial charge in [-0.3, -0.25) is 0 Å². The number of rotatable bonds is 6. The van der Waals surface area contributed by atoms with Gasteiger partial charge in [-0.1, -0.05) is 50.9 Å². The Hall–Kier alpha value is -0.900. The van der Waals surface area contributed by atoms with Crippen LogP contribution in [0.3, 0.4) is 0 Å². The maximum absolute atomic E-state index is 10.2. The Morgan fingerprint density at radius 1 is 1.30 bits per heavy atom.